The van der Waals surface area contributed by atoms with E-state index in [0.717, 1.165) is 31.3 Å². The second-order valence-electron chi connectivity index (χ2n) is 6.45. The van der Waals surface area contributed by atoms with Crippen molar-refractivity contribution in [3.8, 4) is 6.07 Å². The molecular weight excluding hydrogens is 234 g/mol. The Morgan fingerprint density at radius 2 is 2.11 bits per heavy atom. The molecule has 3 atom stereocenters. The lowest BCUT2D eigenvalue weighted by Crippen LogP contribution is -2.42. The lowest BCUT2D eigenvalue weighted by Gasteiger charge is -2.36. The van der Waals surface area contributed by atoms with Gasteiger partial charge in [0.2, 0.25) is 0 Å². The Labute approximate surface area is 119 Å². The molecule has 1 rings (SSSR count). The molecule has 1 saturated heterocycles. The van der Waals surface area contributed by atoms with Gasteiger partial charge in [0.15, 0.2) is 0 Å². The number of likely N-dealkylation sites (tertiary alicyclic amines) is 1. The third-order valence-electron chi connectivity index (χ3n) is 4.46. The molecule has 1 aliphatic heterocycles. The Morgan fingerprint density at radius 1 is 1.37 bits per heavy atom. The van der Waals surface area contributed by atoms with Gasteiger partial charge in [0.1, 0.15) is 5.54 Å². The molecule has 1 fully saturated rings. The number of unbranched alkanes of at least 4 members (excludes halogenated alkanes) is 1. The van der Waals surface area contributed by atoms with Crippen LogP contribution < -0.4 is 5.32 Å². The highest BCUT2D eigenvalue weighted by atomic mass is 15.2. The van der Waals surface area contributed by atoms with Gasteiger partial charge in [0, 0.05) is 6.04 Å². The van der Waals surface area contributed by atoms with Gasteiger partial charge in [-0.3, -0.25) is 5.32 Å². The number of hydrogen-bond acceptors (Lipinski definition) is 3. The van der Waals surface area contributed by atoms with Crippen molar-refractivity contribution >= 4 is 0 Å². The fourth-order valence-electron chi connectivity index (χ4n) is 3.16. The lowest BCUT2D eigenvalue weighted by atomic mass is 9.92. The molecule has 0 aromatic heterocycles. The molecule has 110 valence electrons. The summed E-state index contributed by atoms with van der Waals surface area (Å²) in [6, 6.07) is 3.14. The number of rotatable bonds is 7. The van der Waals surface area contributed by atoms with Crippen LogP contribution in [0.25, 0.3) is 0 Å². The van der Waals surface area contributed by atoms with Crippen molar-refractivity contribution in [3.05, 3.63) is 0 Å². The van der Waals surface area contributed by atoms with Crippen molar-refractivity contribution in [1.82, 2.24) is 10.2 Å². The summed E-state index contributed by atoms with van der Waals surface area (Å²) in [7, 11) is 0. The quantitative estimate of drug-likeness (QED) is 0.719. The Balaban J connectivity index is 2.22. The number of nitrogens with zero attached hydrogens (tertiary/aromatic N) is 2. The zero-order valence-corrected chi connectivity index (χ0v) is 13.2. The first-order chi connectivity index (χ1) is 9.00. The first-order valence-corrected chi connectivity index (χ1v) is 7.91. The summed E-state index contributed by atoms with van der Waals surface area (Å²) in [6.07, 6.45) is 5.98. The van der Waals surface area contributed by atoms with Gasteiger partial charge in [-0.25, -0.2) is 0 Å². The highest BCUT2D eigenvalue weighted by Crippen LogP contribution is 2.22. The van der Waals surface area contributed by atoms with Crippen molar-refractivity contribution in [3.63, 3.8) is 0 Å². The van der Waals surface area contributed by atoms with E-state index in [1.807, 2.05) is 6.92 Å². The minimum absolute atomic E-state index is 0.337. The van der Waals surface area contributed by atoms with Crippen LogP contribution in [0.5, 0.6) is 0 Å². The fourth-order valence-corrected chi connectivity index (χ4v) is 3.16. The third kappa shape index (κ3) is 5.50. The van der Waals surface area contributed by atoms with Gasteiger partial charge in [0.05, 0.1) is 6.07 Å². The molecule has 3 nitrogen and oxygen atoms in total. The second-order valence-corrected chi connectivity index (χ2v) is 6.45. The molecule has 3 unspecified atom stereocenters. The average molecular weight is 265 g/mol. The fraction of sp³-hybridized carbons (Fsp3) is 0.938. The molecule has 3 heteroatoms. The molecule has 19 heavy (non-hydrogen) atoms. The van der Waals surface area contributed by atoms with Crippen molar-refractivity contribution in [2.75, 3.05) is 19.6 Å². The van der Waals surface area contributed by atoms with Crippen LogP contribution in [-0.2, 0) is 0 Å². The summed E-state index contributed by atoms with van der Waals surface area (Å²) in [5.74, 6) is 0.891. The predicted octanol–water partition coefficient (Wildman–Crippen LogP) is 3.17. The standard InChI is InChI=1S/C16H31N3/c1-5-18-16(4,13-17)9-6-7-10-19-11-8-14(2)12-15(19)3/h14-15,18H,5-12H2,1-4H3. The van der Waals surface area contributed by atoms with E-state index in [2.05, 4.69) is 37.1 Å². The first-order valence-electron chi connectivity index (χ1n) is 7.91. The number of piperidine rings is 1. The molecule has 0 radical (unpaired) electrons. The van der Waals surface area contributed by atoms with Gasteiger partial charge in [-0.05, 0) is 71.5 Å². The maximum atomic E-state index is 9.21. The molecule has 0 aromatic carbocycles. The zero-order chi connectivity index (χ0) is 14.3. The van der Waals surface area contributed by atoms with Gasteiger partial charge in [-0.1, -0.05) is 13.8 Å². The normalized spacial score (nSPS) is 27.7. The monoisotopic (exact) mass is 265 g/mol. The summed E-state index contributed by atoms with van der Waals surface area (Å²) in [6.45, 7) is 12.1. The van der Waals surface area contributed by atoms with E-state index in [-0.39, 0.29) is 5.54 Å². The molecule has 0 aromatic rings. The maximum absolute atomic E-state index is 9.21. The zero-order valence-electron chi connectivity index (χ0n) is 13.2. The van der Waals surface area contributed by atoms with Crippen LogP contribution in [0, 0.1) is 17.2 Å². The van der Waals surface area contributed by atoms with Gasteiger partial charge < -0.3 is 4.90 Å². The Morgan fingerprint density at radius 3 is 2.68 bits per heavy atom. The Hall–Kier alpha value is -0.590. The largest absolute Gasteiger partial charge is 0.301 e. The van der Waals surface area contributed by atoms with Gasteiger partial charge in [0.25, 0.3) is 0 Å². The number of nitrogens with one attached hydrogen (secondary N) is 1. The van der Waals surface area contributed by atoms with E-state index in [4.69, 9.17) is 0 Å². The second kappa shape index (κ2) is 7.87. The topological polar surface area (TPSA) is 39.1 Å². The first kappa shape index (κ1) is 16.5. The van der Waals surface area contributed by atoms with E-state index in [0.29, 0.717) is 0 Å². The smallest absolute Gasteiger partial charge is 0.103 e. The van der Waals surface area contributed by atoms with Crippen LogP contribution in [0.4, 0.5) is 0 Å². The number of nitriles is 1. The molecule has 0 spiro atoms. The number of hydrogen-bond donors (Lipinski definition) is 1. The molecule has 0 saturated carbocycles. The van der Waals surface area contributed by atoms with Crippen LogP contribution in [-0.4, -0.2) is 36.1 Å². The van der Waals surface area contributed by atoms with Gasteiger partial charge in [-0.2, -0.15) is 5.26 Å². The van der Waals surface area contributed by atoms with Crippen molar-refractivity contribution in [2.45, 2.75) is 71.4 Å². The van der Waals surface area contributed by atoms with Crippen molar-refractivity contribution in [2.24, 2.45) is 5.92 Å². The van der Waals surface area contributed by atoms with Crippen molar-refractivity contribution < 1.29 is 0 Å². The highest BCUT2D eigenvalue weighted by molar-refractivity contribution is 5.03. The highest BCUT2D eigenvalue weighted by Gasteiger charge is 2.24. The predicted molar refractivity (Wildman–Crippen MR) is 81.0 cm³/mol. The summed E-state index contributed by atoms with van der Waals surface area (Å²) < 4.78 is 0. The third-order valence-corrected chi connectivity index (χ3v) is 4.46. The van der Waals surface area contributed by atoms with E-state index >= 15 is 0 Å². The summed E-state index contributed by atoms with van der Waals surface area (Å²) in [5, 5.41) is 12.5. The van der Waals surface area contributed by atoms with Gasteiger partial charge in [-0.15, -0.1) is 0 Å². The maximum Gasteiger partial charge on any atom is 0.103 e. The minimum atomic E-state index is -0.337. The van der Waals surface area contributed by atoms with E-state index < -0.39 is 0 Å². The van der Waals surface area contributed by atoms with Crippen molar-refractivity contribution in [1.29, 1.82) is 5.26 Å². The van der Waals surface area contributed by atoms with Crippen LogP contribution in [0.2, 0.25) is 0 Å². The Bertz CT molecular complexity index is 297. The van der Waals surface area contributed by atoms with Crippen LogP contribution >= 0.6 is 0 Å². The molecule has 0 amide bonds. The van der Waals surface area contributed by atoms with E-state index in [9.17, 15) is 5.26 Å². The molecular formula is C16H31N3. The molecule has 1 aliphatic rings. The van der Waals surface area contributed by atoms with Crippen LogP contribution in [0.1, 0.15) is 59.8 Å². The minimum Gasteiger partial charge on any atom is -0.301 e. The molecule has 0 aliphatic carbocycles. The molecule has 1 heterocycles. The summed E-state index contributed by atoms with van der Waals surface area (Å²) in [4.78, 5) is 2.62. The average Bonchev–Trinajstić information content (AvgIpc) is 2.37. The van der Waals surface area contributed by atoms with E-state index in [1.54, 1.807) is 0 Å². The van der Waals surface area contributed by atoms with Crippen LogP contribution in [0.3, 0.4) is 0 Å². The molecule has 0 bridgehead atoms. The summed E-state index contributed by atoms with van der Waals surface area (Å²) >= 11 is 0. The van der Waals surface area contributed by atoms with Gasteiger partial charge >= 0.3 is 0 Å². The summed E-state index contributed by atoms with van der Waals surface area (Å²) in [5.41, 5.74) is -0.337. The van der Waals surface area contributed by atoms with E-state index in [1.165, 1.54) is 32.4 Å². The molecule has 1 N–H and O–H groups in total. The Kier molecular flexibility index (Phi) is 6.82. The lowest BCUT2D eigenvalue weighted by molar-refractivity contribution is 0.126. The SMILES string of the molecule is CCNC(C)(C#N)CCCCN1CCC(C)CC1C. The van der Waals surface area contributed by atoms with Crippen LogP contribution in [0.15, 0.2) is 0 Å².